The zero-order chi connectivity index (χ0) is 30.1. The Morgan fingerprint density at radius 2 is 1.48 bits per heavy atom. The second kappa shape index (κ2) is 11.0. The van der Waals surface area contributed by atoms with E-state index in [4.69, 9.17) is 9.97 Å². The van der Waals surface area contributed by atoms with Crippen molar-refractivity contribution in [1.29, 1.82) is 0 Å². The minimum atomic E-state index is 0. The van der Waals surface area contributed by atoms with Crippen molar-refractivity contribution in [2.45, 2.75) is 0 Å². The molecule has 7 heteroatoms. The monoisotopic (exact) mass is 774 g/mol. The summed E-state index contributed by atoms with van der Waals surface area (Å²) >= 11 is 0. The quantitative estimate of drug-likeness (QED) is 0.168. The first kappa shape index (κ1) is 28.3. The Kier molecular flexibility index (Phi) is 6.77. The van der Waals surface area contributed by atoms with Gasteiger partial charge in [0.2, 0.25) is 0 Å². The van der Waals surface area contributed by atoms with Crippen LogP contribution in [0.2, 0.25) is 0 Å². The summed E-state index contributed by atoms with van der Waals surface area (Å²) in [4.78, 5) is 14.3. The number of aromatic nitrogens is 4. The van der Waals surface area contributed by atoms with E-state index < -0.39 is 0 Å². The number of para-hydroxylation sites is 2. The number of fused-ring (bicyclic) bond motifs is 5. The van der Waals surface area contributed by atoms with Crippen molar-refractivity contribution in [3.8, 4) is 28.2 Å². The van der Waals surface area contributed by atoms with Crippen LogP contribution in [-0.2, 0) is 28.1 Å². The number of anilines is 3. The zero-order valence-electron chi connectivity index (χ0n) is 25.1. The molecule has 5 aromatic carbocycles. The molecule has 0 unspecified atom stereocenters. The fourth-order valence-electron chi connectivity index (χ4n) is 6.55. The number of nitrogens with zero attached hydrogens (tertiary/aromatic N) is 6. The van der Waals surface area contributed by atoms with Crippen LogP contribution >= 0.6 is 0 Å². The third-order valence-corrected chi connectivity index (χ3v) is 8.74. The van der Waals surface area contributed by atoms with Gasteiger partial charge in [-0.05, 0) is 59.4 Å². The fourth-order valence-corrected chi connectivity index (χ4v) is 6.55. The van der Waals surface area contributed by atoms with Crippen molar-refractivity contribution in [1.82, 2.24) is 19.1 Å². The van der Waals surface area contributed by atoms with Crippen LogP contribution in [0.15, 0.2) is 121 Å². The van der Waals surface area contributed by atoms with Crippen molar-refractivity contribution in [3.63, 3.8) is 0 Å². The molecule has 1 aliphatic heterocycles. The van der Waals surface area contributed by atoms with Gasteiger partial charge >= 0.3 is 0 Å². The Balaban J connectivity index is 0.00000312. The maximum atomic E-state index is 5.11. The average Bonchev–Trinajstić information content (AvgIpc) is 3.73. The molecule has 0 bridgehead atoms. The molecular formula is C39H27N6Pt-3. The molecule has 4 heterocycles. The number of benzene rings is 5. The number of rotatable bonds is 4. The van der Waals surface area contributed by atoms with Gasteiger partial charge in [0.15, 0.2) is 0 Å². The molecule has 0 N–H and O–H groups in total. The van der Waals surface area contributed by atoms with E-state index in [1.54, 1.807) is 0 Å². The predicted molar refractivity (Wildman–Crippen MR) is 183 cm³/mol. The van der Waals surface area contributed by atoms with Crippen LogP contribution in [0.1, 0.15) is 0 Å². The van der Waals surface area contributed by atoms with E-state index in [9.17, 15) is 0 Å². The Hall–Kier alpha value is -5.19. The molecule has 0 spiro atoms. The molecule has 0 saturated carbocycles. The van der Waals surface area contributed by atoms with E-state index >= 15 is 0 Å². The zero-order valence-corrected chi connectivity index (χ0v) is 27.4. The standard InChI is InChI=1S/C39H27N6.Pt/c1-42-25-44(36-16-7-6-15-35(36)42)29-12-8-13-30(24-29)45-37-23-28(17-19-31(37)32-14-9-21-40-39(32)45)38-41-33-22-27(18-20-34(33)43(38)2)26-10-4-3-5-11-26;/h3-22,25H,1-2H3;/q-3;. The van der Waals surface area contributed by atoms with E-state index in [0.717, 1.165) is 72.7 Å². The van der Waals surface area contributed by atoms with Crippen LogP contribution in [0.25, 0.3) is 61.2 Å². The first-order chi connectivity index (χ1) is 22.1. The summed E-state index contributed by atoms with van der Waals surface area (Å²) < 4.78 is 4.32. The van der Waals surface area contributed by atoms with Crippen molar-refractivity contribution in [2.24, 2.45) is 7.05 Å². The summed E-state index contributed by atoms with van der Waals surface area (Å²) in [5.74, 6) is 0.867. The molecule has 0 saturated heterocycles. The van der Waals surface area contributed by atoms with Crippen LogP contribution in [0.4, 0.5) is 17.1 Å². The van der Waals surface area contributed by atoms with Crippen LogP contribution < -0.4 is 9.80 Å². The summed E-state index contributed by atoms with van der Waals surface area (Å²) in [6.45, 7) is 2.10. The second-order valence-electron chi connectivity index (χ2n) is 11.4. The van der Waals surface area contributed by atoms with Gasteiger partial charge < -0.3 is 18.9 Å². The molecule has 0 atom stereocenters. The summed E-state index contributed by atoms with van der Waals surface area (Å²) in [5, 5.41) is 2.16. The van der Waals surface area contributed by atoms with Crippen LogP contribution in [0, 0.1) is 18.8 Å². The first-order valence-corrected chi connectivity index (χ1v) is 15.0. The van der Waals surface area contributed by atoms with E-state index in [1.165, 1.54) is 5.56 Å². The predicted octanol–water partition coefficient (Wildman–Crippen LogP) is 8.70. The Labute approximate surface area is 281 Å². The van der Waals surface area contributed by atoms with Crippen molar-refractivity contribution in [2.75, 3.05) is 16.8 Å². The topological polar surface area (TPSA) is 42.1 Å². The Bertz CT molecular complexity index is 2410. The van der Waals surface area contributed by atoms with Crippen molar-refractivity contribution >= 4 is 50.0 Å². The Morgan fingerprint density at radius 1 is 0.674 bits per heavy atom. The van der Waals surface area contributed by atoms with Gasteiger partial charge in [0, 0.05) is 45.7 Å². The molecule has 226 valence electrons. The van der Waals surface area contributed by atoms with Gasteiger partial charge in [0.05, 0.1) is 16.9 Å². The molecule has 0 amide bonds. The smallest absolute Gasteiger partial charge is 0.132 e. The van der Waals surface area contributed by atoms with E-state index in [1.807, 2.05) is 18.3 Å². The molecule has 8 aromatic rings. The molecule has 9 rings (SSSR count). The summed E-state index contributed by atoms with van der Waals surface area (Å²) in [7, 11) is 4.14. The first-order valence-electron chi connectivity index (χ1n) is 15.0. The van der Waals surface area contributed by atoms with E-state index in [0.29, 0.717) is 0 Å². The molecule has 6 nitrogen and oxygen atoms in total. The Morgan fingerprint density at radius 3 is 2.35 bits per heavy atom. The van der Waals surface area contributed by atoms with Gasteiger partial charge in [-0.15, -0.1) is 47.6 Å². The summed E-state index contributed by atoms with van der Waals surface area (Å²) in [6.07, 6.45) is 1.84. The average molecular weight is 775 g/mol. The number of hydrogen-bond acceptors (Lipinski definition) is 4. The molecule has 0 aliphatic carbocycles. The normalized spacial score (nSPS) is 12.7. The largest absolute Gasteiger partial charge is 0.504 e. The molecular weight excluding hydrogens is 748 g/mol. The second-order valence-corrected chi connectivity index (χ2v) is 11.4. The van der Waals surface area contributed by atoms with Gasteiger partial charge in [-0.25, -0.2) is 4.98 Å². The molecule has 3 aromatic heterocycles. The number of imidazole rings is 1. The summed E-state index contributed by atoms with van der Waals surface area (Å²) in [6, 6.07) is 47.4. The van der Waals surface area contributed by atoms with Gasteiger partial charge in [-0.2, -0.15) is 12.7 Å². The molecule has 46 heavy (non-hydrogen) atoms. The summed E-state index contributed by atoms with van der Waals surface area (Å²) in [5.41, 5.74) is 11.2. The maximum Gasteiger partial charge on any atom is 0.132 e. The van der Waals surface area contributed by atoms with Gasteiger partial charge in [0.25, 0.3) is 0 Å². The van der Waals surface area contributed by atoms with Gasteiger partial charge in [-0.3, -0.25) is 4.98 Å². The van der Waals surface area contributed by atoms with E-state index in [2.05, 4.69) is 155 Å². The minimum Gasteiger partial charge on any atom is -0.504 e. The van der Waals surface area contributed by atoms with Crippen molar-refractivity contribution < 1.29 is 21.1 Å². The maximum absolute atomic E-state index is 5.11. The fraction of sp³-hybridized carbons (Fsp3) is 0.0513. The van der Waals surface area contributed by atoms with Gasteiger partial charge in [-0.1, -0.05) is 65.7 Å². The number of aryl methyl sites for hydroxylation is 1. The third-order valence-electron chi connectivity index (χ3n) is 8.74. The van der Waals surface area contributed by atoms with E-state index in [-0.39, 0.29) is 21.1 Å². The third kappa shape index (κ3) is 4.36. The SMILES string of the molecule is CN1[CH-]N(c2[c-]c(-n3c4[c-]c(-c5nc6cc(-c7ccccc7)ccc6n5C)ccc4c4cccnc43)ccc2)c2ccccc21.[Pt]. The van der Waals surface area contributed by atoms with Gasteiger partial charge in [0.1, 0.15) is 5.65 Å². The molecule has 0 fully saturated rings. The minimum absolute atomic E-state index is 0. The molecule has 1 aliphatic rings. The number of pyridine rings is 1. The number of hydrogen-bond donors (Lipinski definition) is 0. The van der Waals surface area contributed by atoms with Crippen LogP contribution in [-0.4, -0.2) is 26.1 Å². The van der Waals surface area contributed by atoms with Crippen LogP contribution in [0.5, 0.6) is 0 Å². The van der Waals surface area contributed by atoms with Crippen LogP contribution in [0.3, 0.4) is 0 Å². The van der Waals surface area contributed by atoms with Crippen molar-refractivity contribution in [3.05, 3.63) is 140 Å². The molecule has 0 radical (unpaired) electrons.